The Morgan fingerprint density at radius 3 is 2.80 bits per heavy atom. The molecule has 0 bridgehead atoms. The van der Waals surface area contributed by atoms with Crippen molar-refractivity contribution in [3.63, 3.8) is 0 Å². The lowest BCUT2D eigenvalue weighted by molar-refractivity contribution is 0.0501. The number of urea groups is 1. The van der Waals surface area contributed by atoms with Crippen molar-refractivity contribution in [1.29, 1.82) is 5.26 Å². The molecule has 0 radical (unpaired) electrons. The first kappa shape index (κ1) is 14.4. The second-order valence-corrected chi connectivity index (χ2v) is 5.28. The van der Waals surface area contributed by atoms with Gasteiger partial charge in [0.15, 0.2) is 0 Å². The van der Waals surface area contributed by atoms with E-state index in [1.165, 1.54) is 0 Å². The van der Waals surface area contributed by atoms with Crippen molar-refractivity contribution in [3.8, 4) is 6.07 Å². The molecule has 0 unspecified atom stereocenters. The highest BCUT2D eigenvalue weighted by Crippen LogP contribution is 2.28. The Bertz CT molecular complexity index is 516. The fourth-order valence-corrected chi connectivity index (χ4v) is 2.45. The molecule has 0 aromatic heterocycles. The average molecular weight is 273 g/mol. The van der Waals surface area contributed by atoms with Gasteiger partial charge in [-0.2, -0.15) is 5.26 Å². The number of nitrogens with zero attached hydrogens (tertiary/aromatic N) is 1. The Morgan fingerprint density at radius 2 is 2.10 bits per heavy atom. The van der Waals surface area contributed by atoms with Gasteiger partial charge in [-0.15, -0.1) is 0 Å². The molecule has 1 fully saturated rings. The lowest BCUT2D eigenvalue weighted by atomic mass is 10.0. The predicted molar refractivity (Wildman–Crippen MR) is 74.8 cm³/mol. The van der Waals surface area contributed by atoms with Crippen LogP contribution in [0.15, 0.2) is 24.3 Å². The first-order valence-electron chi connectivity index (χ1n) is 6.84. The fraction of sp³-hybridized carbons (Fsp3) is 0.467. The van der Waals surface area contributed by atoms with Gasteiger partial charge in [-0.3, -0.25) is 0 Å². The fourth-order valence-electron chi connectivity index (χ4n) is 2.45. The van der Waals surface area contributed by atoms with E-state index >= 15 is 0 Å². The molecule has 1 aliphatic carbocycles. The SMILES string of the molecule is N#Cc1cccc(CNC(=O)NCC2(O)CCCC2)c1. The molecule has 20 heavy (non-hydrogen) atoms. The second kappa shape index (κ2) is 6.40. The minimum absolute atomic E-state index is 0.289. The van der Waals surface area contributed by atoms with Gasteiger partial charge < -0.3 is 15.7 Å². The van der Waals surface area contributed by atoms with E-state index in [1.807, 2.05) is 6.07 Å². The first-order valence-corrected chi connectivity index (χ1v) is 6.84. The van der Waals surface area contributed by atoms with Gasteiger partial charge in [0.2, 0.25) is 0 Å². The third kappa shape index (κ3) is 3.97. The molecule has 0 heterocycles. The van der Waals surface area contributed by atoms with Gasteiger partial charge in [-0.05, 0) is 30.5 Å². The number of hydrogen-bond donors (Lipinski definition) is 3. The van der Waals surface area contributed by atoms with Gasteiger partial charge in [0, 0.05) is 13.1 Å². The molecule has 2 rings (SSSR count). The highest BCUT2D eigenvalue weighted by Gasteiger charge is 2.31. The van der Waals surface area contributed by atoms with Crippen LogP contribution in [0.2, 0.25) is 0 Å². The van der Waals surface area contributed by atoms with Crippen LogP contribution in [-0.4, -0.2) is 23.3 Å². The summed E-state index contributed by atoms with van der Waals surface area (Å²) < 4.78 is 0. The number of carbonyl (C=O) groups is 1. The lowest BCUT2D eigenvalue weighted by Crippen LogP contribution is -2.44. The molecule has 5 heteroatoms. The number of nitriles is 1. The smallest absolute Gasteiger partial charge is 0.315 e. The van der Waals surface area contributed by atoms with Gasteiger partial charge in [0.25, 0.3) is 0 Å². The zero-order valence-corrected chi connectivity index (χ0v) is 11.4. The Kier molecular flexibility index (Phi) is 4.59. The Morgan fingerprint density at radius 1 is 1.35 bits per heavy atom. The van der Waals surface area contributed by atoms with Crippen LogP contribution in [0.4, 0.5) is 4.79 Å². The van der Waals surface area contributed by atoms with E-state index in [1.54, 1.807) is 18.2 Å². The van der Waals surface area contributed by atoms with E-state index in [0.29, 0.717) is 12.1 Å². The molecule has 0 atom stereocenters. The predicted octanol–water partition coefficient (Wildman–Crippen LogP) is 1.66. The molecular weight excluding hydrogens is 254 g/mol. The van der Waals surface area contributed by atoms with Crippen LogP contribution in [0.5, 0.6) is 0 Å². The first-order chi connectivity index (χ1) is 9.61. The molecule has 106 valence electrons. The maximum absolute atomic E-state index is 11.7. The highest BCUT2D eigenvalue weighted by atomic mass is 16.3. The minimum atomic E-state index is -0.738. The Balaban J connectivity index is 1.76. The number of benzene rings is 1. The summed E-state index contributed by atoms with van der Waals surface area (Å²) in [5.41, 5.74) is 0.710. The molecule has 0 saturated heterocycles. The summed E-state index contributed by atoms with van der Waals surface area (Å²) in [4.78, 5) is 11.7. The summed E-state index contributed by atoms with van der Waals surface area (Å²) in [6.07, 6.45) is 3.52. The topological polar surface area (TPSA) is 85.2 Å². The zero-order valence-electron chi connectivity index (χ0n) is 11.4. The van der Waals surface area contributed by atoms with Crippen LogP contribution in [0.3, 0.4) is 0 Å². The second-order valence-electron chi connectivity index (χ2n) is 5.28. The maximum Gasteiger partial charge on any atom is 0.315 e. The summed E-state index contributed by atoms with van der Waals surface area (Å²) >= 11 is 0. The van der Waals surface area contributed by atoms with Crippen LogP contribution in [0.1, 0.15) is 36.8 Å². The van der Waals surface area contributed by atoms with Crippen LogP contribution >= 0.6 is 0 Å². The van der Waals surface area contributed by atoms with Crippen LogP contribution in [0, 0.1) is 11.3 Å². The van der Waals surface area contributed by atoms with E-state index in [2.05, 4.69) is 16.7 Å². The van der Waals surface area contributed by atoms with Crippen molar-refractivity contribution in [3.05, 3.63) is 35.4 Å². The van der Waals surface area contributed by atoms with E-state index in [-0.39, 0.29) is 12.6 Å². The Labute approximate surface area is 118 Å². The van der Waals surface area contributed by atoms with E-state index in [9.17, 15) is 9.90 Å². The standard InChI is InChI=1S/C15H19N3O2/c16-9-12-4-3-5-13(8-12)10-17-14(19)18-11-15(20)6-1-2-7-15/h3-5,8,20H,1-2,6-7,10-11H2,(H2,17,18,19). The van der Waals surface area contributed by atoms with Crippen LogP contribution < -0.4 is 10.6 Å². The molecule has 1 aromatic rings. The molecule has 1 saturated carbocycles. The van der Waals surface area contributed by atoms with Gasteiger partial charge in [0.05, 0.1) is 17.2 Å². The van der Waals surface area contributed by atoms with E-state index < -0.39 is 5.60 Å². The third-order valence-corrected chi connectivity index (χ3v) is 3.62. The molecule has 0 aliphatic heterocycles. The number of amides is 2. The summed E-state index contributed by atoms with van der Waals surface area (Å²) in [7, 11) is 0. The van der Waals surface area contributed by atoms with Gasteiger partial charge in [-0.1, -0.05) is 25.0 Å². The average Bonchev–Trinajstić information content (AvgIpc) is 2.90. The lowest BCUT2D eigenvalue weighted by Gasteiger charge is -2.22. The summed E-state index contributed by atoms with van der Waals surface area (Å²) in [6, 6.07) is 8.86. The molecule has 3 N–H and O–H groups in total. The van der Waals surface area contributed by atoms with Crippen molar-refractivity contribution < 1.29 is 9.90 Å². The summed E-state index contributed by atoms with van der Waals surface area (Å²) in [5.74, 6) is 0. The Hall–Kier alpha value is -2.06. The van der Waals surface area contributed by atoms with Crippen molar-refractivity contribution in [2.24, 2.45) is 0 Å². The van der Waals surface area contributed by atoms with Crippen molar-refractivity contribution in [2.45, 2.75) is 37.8 Å². The monoisotopic (exact) mass is 273 g/mol. The highest BCUT2D eigenvalue weighted by molar-refractivity contribution is 5.73. The molecule has 2 amide bonds. The summed E-state index contributed by atoms with van der Waals surface area (Å²) in [5, 5.41) is 24.3. The van der Waals surface area contributed by atoms with E-state index in [4.69, 9.17) is 5.26 Å². The van der Waals surface area contributed by atoms with Crippen LogP contribution in [0.25, 0.3) is 0 Å². The number of hydrogen-bond acceptors (Lipinski definition) is 3. The largest absolute Gasteiger partial charge is 0.388 e. The van der Waals surface area contributed by atoms with Crippen LogP contribution in [-0.2, 0) is 6.54 Å². The van der Waals surface area contributed by atoms with Gasteiger partial charge in [0.1, 0.15) is 0 Å². The van der Waals surface area contributed by atoms with E-state index in [0.717, 1.165) is 31.2 Å². The number of aliphatic hydroxyl groups is 1. The maximum atomic E-state index is 11.7. The molecule has 1 aliphatic rings. The van der Waals surface area contributed by atoms with Crippen molar-refractivity contribution >= 4 is 6.03 Å². The van der Waals surface area contributed by atoms with Gasteiger partial charge in [-0.25, -0.2) is 4.79 Å². The quantitative estimate of drug-likeness (QED) is 0.780. The summed E-state index contributed by atoms with van der Waals surface area (Å²) in [6.45, 7) is 0.650. The molecule has 1 aromatic carbocycles. The molecule has 5 nitrogen and oxygen atoms in total. The molecular formula is C15H19N3O2. The normalized spacial score (nSPS) is 16.4. The zero-order chi connectivity index (χ0) is 14.4. The molecule has 0 spiro atoms. The van der Waals surface area contributed by atoms with Gasteiger partial charge >= 0.3 is 6.03 Å². The van der Waals surface area contributed by atoms with Crippen molar-refractivity contribution in [2.75, 3.05) is 6.54 Å². The minimum Gasteiger partial charge on any atom is -0.388 e. The third-order valence-electron chi connectivity index (χ3n) is 3.62. The van der Waals surface area contributed by atoms with Crippen molar-refractivity contribution in [1.82, 2.24) is 10.6 Å². The number of carbonyl (C=O) groups excluding carboxylic acids is 1. The number of rotatable bonds is 4. The number of nitrogens with one attached hydrogen (secondary N) is 2.